The number of pyridine rings is 1. The first-order valence-corrected chi connectivity index (χ1v) is 6.96. The fourth-order valence-electron chi connectivity index (χ4n) is 2.65. The van der Waals surface area contributed by atoms with Crippen LogP contribution in [-0.2, 0) is 6.54 Å². The summed E-state index contributed by atoms with van der Waals surface area (Å²) in [4.78, 5) is 4.44. The Kier molecular flexibility index (Phi) is 3.52. The summed E-state index contributed by atoms with van der Waals surface area (Å²) >= 11 is 0. The second-order valence-electron chi connectivity index (χ2n) is 5.14. The first-order valence-electron chi connectivity index (χ1n) is 6.96. The minimum atomic E-state index is 0.399. The Balaban J connectivity index is 2.03. The summed E-state index contributed by atoms with van der Waals surface area (Å²) in [6.45, 7) is 7.71. The highest BCUT2D eigenvalue weighted by Gasteiger charge is 2.08. The highest BCUT2D eigenvalue weighted by Crippen LogP contribution is 2.25. The highest BCUT2D eigenvalue weighted by atomic mass is 15.0. The lowest BCUT2D eigenvalue weighted by Gasteiger charge is -2.15. The van der Waals surface area contributed by atoms with Crippen molar-refractivity contribution in [1.82, 2.24) is 14.9 Å². The van der Waals surface area contributed by atoms with E-state index in [0.717, 1.165) is 18.6 Å². The Morgan fingerprint density at radius 2 is 2.25 bits per heavy atom. The molecule has 102 valence electrons. The molecule has 3 nitrogen and oxygen atoms in total. The van der Waals surface area contributed by atoms with Crippen LogP contribution in [0.3, 0.4) is 0 Å². The van der Waals surface area contributed by atoms with E-state index >= 15 is 0 Å². The van der Waals surface area contributed by atoms with Gasteiger partial charge in [0.25, 0.3) is 0 Å². The monoisotopic (exact) mass is 265 g/mol. The van der Waals surface area contributed by atoms with Gasteiger partial charge >= 0.3 is 0 Å². The van der Waals surface area contributed by atoms with E-state index in [1.807, 2.05) is 18.3 Å². The van der Waals surface area contributed by atoms with Crippen LogP contribution in [0, 0.1) is 0 Å². The maximum atomic E-state index is 4.44. The van der Waals surface area contributed by atoms with Gasteiger partial charge < -0.3 is 9.88 Å². The number of nitrogens with one attached hydrogen (secondary N) is 1. The molecular formula is C17H19N3. The van der Waals surface area contributed by atoms with Gasteiger partial charge in [0.2, 0.25) is 0 Å². The van der Waals surface area contributed by atoms with Crippen molar-refractivity contribution >= 4 is 21.8 Å². The van der Waals surface area contributed by atoms with Gasteiger partial charge in [-0.05, 0) is 31.2 Å². The van der Waals surface area contributed by atoms with Gasteiger partial charge in [-0.15, -0.1) is 6.58 Å². The maximum Gasteiger partial charge on any atom is 0.0723 e. The van der Waals surface area contributed by atoms with Gasteiger partial charge in [0.15, 0.2) is 0 Å². The van der Waals surface area contributed by atoms with E-state index in [1.165, 1.54) is 16.3 Å². The molecule has 0 aliphatic carbocycles. The molecule has 1 atom stereocenters. The third-order valence-corrected chi connectivity index (χ3v) is 3.59. The zero-order valence-corrected chi connectivity index (χ0v) is 11.7. The Morgan fingerprint density at radius 1 is 1.35 bits per heavy atom. The molecule has 2 heterocycles. The number of benzene rings is 1. The molecule has 0 radical (unpaired) electrons. The van der Waals surface area contributed by atoms with Gasteiger partial charge in [-0.1, -0.05) is 12.1 Å². The molecule has 0 aliphatic rings. The fraction of sp³-hybridized carbons (Fsp3) is 0.235. The molecule has 2 aromatic heterocycles. The molecule has 0 fully saturated rings. The summed E-state index contributed by atoms with van der Waals surface area (Å²) in [5, 5.41) is 5.91. The molecule has 0 bridgehead atoms. The zero-order chi connectivity index (χ0) is 13.9. The first-order chi connectivity index (χ1) is 9.79. The minimum absolute atomic E-state index is 0.399. The molecule has 0 spiro atoms. The normalized spacial score (nSPS) is 12.8. The van der Waals surface area contributed by atoms with E-state index < -0.39 is 0 Å². The maximum absolute atomic E-state index is 4.44. The van der Waals surface area contributed by atoms with Crippen LogP contribution in [0.15, 0.2) is 55.4 Å². The second kappa shape index (κ2) is 5.47. The van der Waals surface area contributed by atoms with Crippen LogP contribution < -0.4 is 5.32 Å². The van der Waals surface area contributed by atoms with Gasteiger partial charge in [-0.25, -0.2) is 0 Å². The molecule has 0 unspecified atom stereocenters. The molecule has 3 rings (SSSR count). The average Bonchev–Trinajstić information content (AvgIpc) is 2.88. The van der Waals surface area contributed by atoms with Crippen molar-refractivity contribution in [3.8, 4) is 0 Å². The molecule has 1 N–H and O–H groups in total. The third kappa shape index (κ3) is 2.32. The van der Waals surface area contributed by atoms with E-state index in [1.54, 1.807) is 0 Å². The van der Waals surface area contributed by atoms with E-state index in [0.29, 0.717) is 6.04 Å². The van der Waals surface area contributed by atoms with E-state index in [2.05, 4.69) is 58.8 Å². The Bertz CT molecular complexity index is 742. The lowest BCUT2D eigenvalue weighted by Crippen LogP contribution is -2.30. The molecule has 1 aromatic carbocycles. The molecule has 0 saturated carbocycles. The number of fused-ring (bicyclic) bond motifs is 3. The zero-order valence-electron chi connectivity index (χ0n) is 11.7. The van der Waals surface area contributed by atoms with Gasteiger partial charge in [-0.3, -0.25) is 4.98 Å². The standard InChI is InChI=1S/C17H19N3/c1-3-9-18-13(2)12-20-11-8-14-6-7-16-15(17(14)20)5-4-10-19-16/h3-8,10-11,13,18H,1,9,12H2,2H3/t13-/m0/s1. The van der Waals surface area contributed by atoms with E-state index in [4.69, 9.17) is 0 Å². The molecule has 20 heavy (non-hydrogen) atoms. The average molecular weight is 265 g/mol. The molecule has 3 heteroatoms. The molecule has 0 saturated heterocycles. The van der Waals surface area contributed by atoms with E-state index in [-0.39, 0.29) is 0 Å². The Morgan fingerprint density at radius 3 is 3.10 bits per heavy atom. The predicted octanol–water partition coefficient (Wildman–Crippen LogP) is 3.35. The van der Waals surface area contributed by atoms with Gasteiger partial charge in [0, 0.05) is 42.3 Å². The van der Waals surface area contributed by atoms with Crippen LogP contribution >= 0.6 is 0 Å². The molecule has 3 aromatic rings. The largest absolute Gasteiger partial charge is 0.345 e. The summed E-state index contributed by atoms with van der Waals surface area (Å²) in [6, 6.07) is 10.9. The summed E-state index contributed by atoms with van der Waals surface area (Å²) < 4.78 is 2.31. The van der Waals surface area contributed by atoms with Crippen molar-refractivity contribution in [2.24, 2.45) is 0 Å². The van der Waals surface area contributed by atoms with Crippen LogP contribution in [0.5, 0.6) is 0 Å². The van der Waals surface area contributed by atoms with Crippen LogP contribution in [0.25, 0.3) is 21.8 Å². The predicted molar refractivity (Wildman–Crippen MR) is 84.9 cm³/mol. The van der Waals surface area contributed by atoms with E-state index in [9.17, 15) is 0 Å². The first kappa shape index (κ1) is 12.9. The molecule has 0 aliphatic heterocycles. The van der Waals surface area contributed by atoms with Crippen LogP contribution in [0.2, 0.25) is 0 Å². The summed E-state index contributed by atoms with van der Waals surface area (Å²) in [7, 11) is 0. The number of hydrogen-bond acceptors (Lipinski definition) is 2. The third-order valence-electron chi connectivity index (χ3n) is 3.59. The summed E-state index contributed by atoms with van der Waals surface area (Å²) in [5.41, 5.74) is 2.31. The lowest BCUT2D eigenvalue weighted by atomic mass is 10.1. The number of rotatable bonds is 5. The van der Waals surface area contributed by atoms with Crippen LogP contribution in [0.1, 0.15) is 6.92 Å². The fourth-order valence-corrected chi connectivity index (χ4v) is 2.65. The number of hydrogen-bond donors (Lipinski definition) is 1. The van der Waals surface area contributed by atoms with Crippen molar-refractivity contribution in [2.45, 2.75) is 19.5 Å². The highest BCUT2D eigenvalue weighted by molar-refractivity contribution is 6.04. The van der Waals surface area contributed by atoms with Gasteiger partial charge in [-0.2, -0.15) is 0 Å². The molecular weight excluding hydrogens is 246 g/mol. The van der Waals surface area contributed by atoms with Crippen molar-refractivity contribution in [2.75, 3.05) is 6.54 Å². The Labute approximate surface area is 118 Å². The quantitative estimate of drug-likeness (QED) is 0.717. The smallest absolute Gasteiger partial charge is 0.0723 e. The lowest BCUT2D eigenvalue weighted by molar-refractivity contribution is 0.508. The van der Waals surface area contributed by atoms with Crippen molar-refractivity contribution in [3.05, 3.63) is 55.4 Å². The second-order valence-corrected chi connectivity index (χ2v) is 5.14. The van der Waals surface area contributed by atoms with Crippen molar-refractivity contribution in [1.29, 1.82) is 0 Å². The Hall–Kier alpha value is -2.13. The number of nitrogens with zero attached hydrogens (tertiary/aromatic N) is 2. The number of aromatic nitrogens is 2. The van der Waals surface area contributed by atoms with Gasteiger partial charge in [0.05, 0.1) is 11.0 Å². The van der Waals surface area contributed by atoms with Crippen LogP contribution in [-0.4, -0.2) is 22.1 Å². The topological polar surface area (TPSA) is 29.9 Å². The summed E-state index contributed by atoms with van der Waals surface area (Å²) in [6.07, 6.45) is 5.89. The SMILES string of the molecule is C=CCN[C@@H](C)Cn1ccc2ccc3ncccc3c21. The van der Waals surface area contributed by atoms with Crippen molar-refractivity contribution in [3.63, 3.8) is 0 Å². The molecule has 0 amide bonds. The minimum Gasteiger partial charge on any atom is -0.345 e. The van der Waals surface area contributed by atoms with Gasteiger partial charge in [0.1, 0.15) is 0 Å². The van der Waals surface area contributed by atoms with Crippen molar-refractivity contribution < 1.29 is 0 Å². The van der Waals surface area contributed by atoms with Crippen LogP contribution in [0.4, 0.5) is 0 Å². The summed E-state index contributed by atoms with van der Waals surface area (Å²) in [5.74, 6) is 0.